The Bertz CT molecular complexity index is 839. The van der Waals surface area contributed by atoms with Gasteiger partial charge in [-0.15, -0.1) is 0 Å². The molecule has 1 aromatic carbocycles. The molecule has 124 valence electrons. The number of anilines is 1. The maximum atomic E-state index is 14.6. The predicted octanol–water partition coefficient (Wildman–Crippen LogP) is 4.09. The van der Waals surface area contributed by atoms with Crippen LogP contribution in [0.25, 0.3) is 11.2 Å². The first kappa shape index (κ1) is 15.1. The number of benzene rings is 1. The molecule has 3 heterocycles. The van der Waals surface area contributed by atoms with Gasteiger partial charge >= 0.3 is 5.92 Å². The Kier molecular flexibility index (Phi) is 3.67. The van der Waals surface area contributed by atoms with Gasteiger partial charge in [-0.2, -0.15) is 8.78 Å². The fourth-order valence-corrected chi connectivity index (χ4v) is 3.11. The van der Waals surface area contributed by atoms with Gasteiger partial charge in [0, 0.05) is 18.7 Å². The average Bonchev–Trinajstić information content (AvgIpc) is 3.07. The maximum absolute atomic E-state index is 14.6. The number of piperidine rings is 1. The van der Waals surface area contributed by atoms with E-state index < -0.39 is 5.92 Å². The fraction of sp³-hybridized carbons (Fsp3) is 0.333. The van der Waals surface area contributed by atoms with E-state index in [1.807, 2.05) is 6.07 Å². The second-order valence-electron chi connectivity index (χ2n) is 6.11. The Morgan fingerprint density at radius 3 is 2.42 bits per heavy atom. The molecule has 1 fully saturated rings. The van der Waals surface area contributed by atoms with Gasteiger partial charge in [-0.3, -0.25) is 0 Å². The summed E-state index contributed by atoms with van der Waals surface area (Å²) in [5.41, 5.74) is 0.783. The summed E-state index contributed by atoms with van der Waals surface area (Å²) in [5, 5.41) is 0. The third-order valence-electron chi connectivity index (χ3n) is 4.45. The van der Waals surface area contributed by atoms with Crippen LogP contribution in [0, 0.1) is 0 Å². The zero-order valence-electron chi connectivity index (χ0n) is 13.2. The van der Waals surface area contributed by atoms with Crippen LogP contribution in [0.5, 0.6) is 0 Å². The minimum absolute atomic E-state index is 0.0830. The Hall–Kier alpha value is -2.50. The van der Waals surface area contributed by atoms with Crippen LogP contribution in [0.4, 0.5) is 14.6 Å². The van der Waals surface area contributed by atoms with Crippen molar-refractivity contribution in [1.29, 1.82) is 0 Å². The van der Waals surface area contributed by atoms with Crippen LogP contribution in [0.1, 0.15) is 30.7 Å². The minimum Gasteiger partial charge on any atom is -0.357 e. The summed E-state index contributed by atoms with van der Waals surface area (Å²) in [4.78, 5) is 13.5. The van der Waals surface area contributed by atoms with Gasteiger partial charge in [0.2, 0.25) is 0 Å². The van der Waals surface area contributed by atoms with E-state index in [-0.39, 0.29) is 11.4 Å². The lowest BCUT2D eigenvalue weighted by Crippen LogP contribution is -2.30. The first-order valence-electron chi connectivity index (χ1n) is 8.20. The number of imidazole rings is 1. The van der Waals surface area contributed by atoms with Gasteiger partial charge < -0.3 is 9.88 Å². The Balaban J connectivity index is 1.70. The number of hydrogen-bond donors (Lipinski definition) is 1. The van der Waals surface area contributed by atoms with Crippen molar-refractivity contribution in [3.63, 3.8) is 0 Å². The van der Waals surface area contributed by atoms with E-state index in [9.17, 15) is 8.78 Å². The molecule has 6 heteroatoms. The lowest BCUT2D eigenvalue weighted by atomic mass is 10.1. The van der Waals surface area contributed by atoms with Crippen LogP contribution < -0.4 is 4.90 Å². The highest BCUT2D eigenvalue weighted by Crippen LogP contribution is 2.34. The van der Waals surface area contributed by atoms with Crippen molar-refractivity contribution in [2.75, 3.05) is 18.0 Å². The zero-order chi connectivity index (χ0) is 16.6. The van der Waals surface area contributed by atoms with E-state index in [2.05, 4.69) is 19.9 Å². The molecule has 1 N–H and O–H groups in total. The molecule has 0 bridgehead atoms. The molecule has 4 rings (SSSR count). The number of nitrogens with zero attached hydrogens (tertiary/aromatic N) is 3. The number of H-pyrrole nitrogens is 1. The summed E-state index contributed by atoms with van der Waals surface area (Å²) in [6, 6.07) is 11.4. The molecule has 0 radical (unpaired) electrons. The van der Waals surface area contributed by atoms with Crippen LogP contribution >= 0.6 is 0 Å². The summed E-state index contributed by atoms with van der Waals surface area (Å²) < 4.78 is 29.3. The molecule has 1 saturated heterocycles. The van der Waals surface area contributed by atoms with Crippen LogP contribution in [-0.2, 0) is 5.92 Å². The van der Waals surface area contributed by atoms with Crippen LogP contribution in [0.15, 0.2) is 42.5 Å². The van der Waals surface area contributed by atoms with Crippen molar-refractivity contribution in [3.8, 4) is 0 Å². The van der Waals surface area contributed by atoms with E-state index in [0.717, 1.165) is 31.7 Å². The number of rotatable bonds is 3. The highest BCUT2D eigenvalue weighted by atomic mass is 19.3. The second-order valence-corrected chi connectivity index (χ2v) is 6.11. The smallest absolute Gasteiger partial charge is 0.329 e. The highest BCUT2D eigenvalue weighted by Gasteiger charge is 2.37. The largest absolute Gasteiger partial charge is 0.357 e. The minimum atomic E-state index is -3.17. The van der Waals surface area contributed by atoms with Crippen LogP contribution in [0.3, 0.4) is 0 Å². The fourth-order valence-electron chi connectivity index (χ4n) is 3.11. The van der Waals surface area contributed by atoms with Crippen molar-refractivity contribution < 1.29 is 8.78 Å². The number of hydrogen-bond acceptors (Lipinski definition) is 3. The number of halogens is 2. The molecule has 1 aliphatic rings. The highest BCUT2D eigenvalue weighted by molar-refractivity contribution is 5.73. The molecule has 4 nitrogen and oxygen atoms in total. The number of aromatic nitrogens is 3. The third-order valence-corrected chi connectivity index (χ3v) is 4.45. The first-order valence-corrected chi connectivity index (χ1v) is 8.20. The monoisotopic (exact) mass is 328 g/mol. The molecular weight excluding hydrogens is 310 g/mol. The molecule has 3 aromatic rings. The van der Waals surface area contributed by atoms with E-state index in [0.29, 0.717) is 11.2 Å². The van der Waals surface area contributed by atoms with Gasteiger partial charge in [-0.05, 0) is 31.4 Å². The van der Waals surface area contributed by atoms with Crippen LogP contribution in [0.2, 0.25) is 0 Å². The SMILES string of the molecule is FC(F)(c1ccccc1)c1nc2nc(N3CCCCC3)ccc2[nH]1. The molecule has 0 amide bonds. The van der Waals surface area contributed by atoms with Gasteiger partial charge in [0.1, 0.15) is 5.82 Å². The summed E-state index contributed by atoms with van der Waals surface area (Å²) in [7, 11) is 0. The summed E-state index contributed by atoms with van der Waals surface area (Å²) in [5.74, 6) is -2.73. The van der Waals surface area contributed by atoms with Crippen molar-refractivity contribution in [2.45, 2.75) is 25.2 Å². The molecule has 0 unspecified atom stereocenters. The maximum Gasteiger partial charge on any atom is 0.329 e. The zero-order valence-corrected chi connectivity index (χ0v) is 13.2. The first-order chi connectivity index (χ1) is 11.6. The summed E-state index contributed by atoms with van der Waals surface area (Å²) >= 11 is 0. The van der Waals surface area contributed by atoms with Gasteiger partial charge in [0.15, 0.2) is 11.5 Å². The van der Waals surface area contributed by atoms with Crippen molar-refractivity contribution in [1.82, 2.24) is 15.0 Å². The summed E-state index contributed by atoms with van der Waals surface area (Å²) in [6.45, 7) is 1.91. The standard InChI is InChI=1S/C18H18F2N4/c19-18(20,13-7-3-1-4-8-13)17-21-14-9-10-15(22-16(14)23-17)24-11-5-2-6-12-24/h1,3-4,7-10H,2,5-6,11-12H2,(H,21,22,23). The molecule has 2 aromatic heterocycles. The summed E-state index contributed by atoms with van der Waals surface area (Å²) in [6.07, 6.45) is 3.50. The average molecular weight is 328 g/mol. The predicted molar refractivity (Wildman–Crippen MR) is 89.4 cm³/mol. The number of aromatic amines is 1. The normalized spacial score (nSPS) is 15.8. The number of nitrogens with one attached hydrogen (secondary N) is 1. The lowest BCUT2D eigenvalue weighted by Gasteiger charge is -2.27. The van der Waals surface area contributed by atoms with Gasteiger partial charge in [0.25, 0.3) is 0 Å². The van der Waals surface area contributed by atoms with Gasteiger partial charge in [-0.25, -0.2) is 9.97 Å². The van der Waals surface area contributed by atoms with Gasteiger partial charge in [0.05, 0.1) is 5.52 Å². The Morgan fingerprint density at radius 2 is 1.67 bits per heavy atom. The van der Waals surface area contributed by atoms with Crippen LogP contribution in [-0.4, -0.2) is 28.0 Å². The Morgan fingerprint density at radius 1 is 0.917 bits per heavy atom. The molecular formula is C18H18F2N4. The number of alkyl halides is 2. The molecule has 0 atom stereocenters. The van der Waals surface area contributed by atoms with Crippen molar-refractivity contribution in [3.05, 3.63) is 53.9 Å². The number of pyridine rings is 1. The molecule has 1 aliphatic heterocycles. The molecule has 0 spiro atoms. The topological polar surface area (TPSA) is 44.8 Å². The third kappa shape index (κ3) is 2.62. The van der Waals surface area contributed by atoms with Crippen molar-refractivity contribution >= 4 is 17.0 Å². The van der Waals surface area contributed by atoms with E-state index >= 15 is 0 Å². The molecule has 0 saturated carbocycles. The quantitative estimate of drug-likeness (QED) is 0.788. The second kappa shape index (κ2) is 5.85. The van der Waals surface area contributed by atoms with Crippen molar-refractivity contribution in [2.24, 2.45) is 0 Å². The van der Waals surface area contributed by atoms with E-state index in [4.69, 9.17) is 0 Å². The van der Waals surface area contributed by atoms with E-state index in [1.54, 1.807) is 24.3 Å². The molecule has 24 heavy (non-hydrogen) atoms. The van der Waals surface area contributed by atoms with E-state index in [1.165, 1.54) is 18.6 Å². The molecule has 0 aliphatic carbocycles. The van der Waals surface area contributed by atoms with Gasteiger partial charge in [-0.1, -0.05) is 30.3 Å². The lowest BCUT2D eigenvalue weighted by molar-refractivity contribution is 0.0340. The number of fused-ring (bicyclic) bond motifs is 1. The Labute approximate surface area is 138 Å².